The maximum Gasteiger partial charge on any atom is 0.234 e. The van der Waals surface area contributed by atoms with E-state index in [2.05, 4.69) is 34.6 Å². The van der Waals surface area contributed by atoms with E-state index in [1.54, 1.807) is 7.11 Å². The summed E-state index contributed by atoms with van der Waals surface area (Å²) in [5.41, 5.74) is 4.53. The molecular weight excluding hydrogens is 396 g/mol. The van der Waals surface area contributed by atoms with Crippen molar-refractivity contribution in [3.05, 3.63) is 65.0 Å². The zero-order valence-corrected chi connectivity index (χ0v) is 18.8. The molecule has 0 saturated heterocycles. The molecule has 3 rings (SSSR count). The van der Waals surface area contributed by atoms with Crippen LogP contribution in [0.3, 0.4) is 0 Å². The van der Waals surface area contributed by atoms with Crippen LogP contribution in [0, 0.1) is 13.8 Å². The quantitative estimate of drug-likeness (QED) is 0.517. The minimum absolute atomic E-state index is 0.0524. The van der Waals surface area contributed by atoms with Crippen molar-refractivity contribution in [1.82, 2.24) is 14.8 Å². The number of hydrogen-bond donors (Lipinski definition) is 1. The Morgan fingerprint density at radius 3 is 2.57 bits per heavy atom. The third-order valence-corrected chi connectivity index (χ3v) is 6.01. The minimum atomic E-state index is -0.0524. The van der Waals surface area contributed by atoms with Gasteiger partial charge in [-0.15, -0.1) is 10.2 Å². The van der Waals surface area contributed by atoms with Crippen LogP contribution in [0.1, 0.15) is 28.9 Å². The predicted octanol–water partition coefficient (Wildman–Crippen LogP) is 4.35. The number of carbonyl (C=O) groups excluding carboxylic acids is 1. The molecule has 158 valence electrons. The SMILES string of the molecule is COc1ccc(CCCc2nnc(SCC(=O)Nc3ccc(C)cc3)n2C)c(C)c1. The molecule has 7 heteroatoms. The number of aryl methyl sites for hydroxylation is 4. The minimum Gasteiger partial charge on any atom is -0.497 e. The highest BCUT2D eigenvalue weighted by Gasteiger charge is 2.12. The number of nitrogens with one attached hydrogen (secondary N) is 1. The van der Waals surface area contributed by atoms with Gasteiger partial charge in [-0.25, -0.2) is 0 Å². The summed E-state index contributed by atoms with van der Waals surface area (Å²) in [5.74, 6) is 2.06. The molecule has 0 fully saturated rings. The molecule has 0 aliphatic rings. The van der Waals surface area contributed by atoms with E-state index >= 15 is 0 Å². The number of amides is 1. The van der Waals surface area contributed by atoms with E-state index in [0.29, 0.717) is 5.75 Å². The first-order chi connectivity index (χ1) is 14.5. The Kier molecular flexibility index (Phi) is 7.52. The lowest BCUT2D eigenvalue weighted by atomic mass is 10.0. The summed E-state index contributed by atoms with van der Waals surface area (Å²) in [5, 5.41) is 12.2. The van der Waals surface area contributed by atoms with Crippen molar-refractivity contribution in [2.75, 3.05) is 18.2 Å². The lowest BCUT2D eigenvalue weighted by Gasteiger charge is -2.08. The van der Waals surface area contributed by atoms with Gasteiger partial charge in [0, 0.05) is 19.2 Å². The lowest BCUT2D eigenvalue weighted by Crippen LogP contribution is -2.14. The van der Waals surface area contributed by atoms with Gasteiger partial charge in [-0.3, -0.25) is 4.79 Å². The van der Waals surface area contributed by atoms with Crippen molar-refractivity contribution in [2.24, 2.45) is 7.05 Å². The summed E-state index contributed by atoms with van der Waals surface area (Å²) in [6.07, 6.45) is 2.80. The summed E-state index contributed by atoms with van der Waals surface area (Å²) < 4.78 is 7.24. The van der Waals surface area contributed by atoms with Gasteiger partial charge in [-0.05, 0) is 62.1 Å². The van der Waals surface area contributed by atoms with Crippen molar-refractivity contribution >= 4 is 23.4 Å². The molecular formula is C23H28N4O2S. The average Bonchev–Trinajstić information content (AvgIpc) is 3.09. The number of nitrogens with zero attached hydrogens (tertiary/aromatic N) is 3. The molecule has 6 nitrogen and oxygen atoms in total. The zero-order valence-electron chi connectivity index (χ0n) is 17.9. The normalized spacial score (nSPS) is 10.8. The van der Waals surface area contributed by atoms with Crippen LogP contribution in [0.2, 0.25) is 0 Å². The fourth-order valence-corrected chi connectivity index (χ4v) is 3.90. The largest absolute Gasteiger partial charge is 0.497 e. The third kappa shape index (κ3) is 5.86. The molecule has 0 saturated carbocycles. The smallest absolute Gasteiger partial charge is 0.234 e. The molecule has 0 aliphatic carbocycles. The number of ether oxygens (including phenoxy) is 1. The van der Waals surface area contributed by atoms with Crippen LogP contribution in [0.4, 0.5) is 5.69 Å². The number of aromatic nitrogens is 3. The van der Waals surface area contributed by atoms with Gasteiger partial charge in [0.2, 0.25) is 5.91 Å². The van der Waals surface area contributed by atoms with Crippen LogP contribution in [0.5, 0.6) is 5.75 Å². The standard InChI is InChI=1S/C23H28N4O2S/c1-16-8-11-19(12-9-16)24-22(28)15-30-23-26-25-21(27(23)3)7-5-6-18-10-13-20(29-4)14-17(18)2/h8-14H,5-7,15H2,1-4H3,(H,24,28). The fourth-order valence-electron chi connectivity index (χ4n) is 3.17. The second-order valence-electron chi connectivity index (χ2n) is 7.31. The van der Waals surface area contributed by atoms with E-state index in [4.69, 9.17) is 4.74 Å². The van der Waals surface area contributed by atoms with Crippen molar-refractivity contribution in [3.8, 4) is 5.75 Å². The Morgan fingerprint density at radius 2 is 1.87 bits per heavy atom. The summed E-state index contributed by atoms with van der Waals surface area (Å²) in [4.78, 5) is 12.2. The molecule has 0 atom stereocenters. The highest BCUT2D eigenvalue weighted by Crippen LogP contribution is 2.20. The van der Waals surface area contributed by atoms with Gasteiger partial charge in [0.1, 0.15) is 11.6 Å². The Balaban J connectivity index is 1.48. The first-order valence-corrected chi connectivity index (χ1v) is 11.0. The number of hydrogen-bond acceptors (Lipinski definition) is 5. The Hall–Kier alpha value is -2.80. The fraction of sp³-hybridized carbons (Fsp3) is 0.348. The second-order valence-corrected chi connectivity index (χ2v) is 8.25. The van der Waals surface area contributed by atoms with Crippen LogP contribution in [-0.2, 0) is 24.7 Å². The molecule has 0 aliphatic heterocycles. The van der Waals surface area contributed by atoms with Crippen LogP contribution in [0.15, 0.2) is 47.6 Å². The van der Waals surface area contributed by atoms with E-state index in [9.17, 15) is 4.79 Å². The number of methoxy groups -OCH3 is 1. The molecule has 0 bridgehead atoms. The van der Waals surface area contributed by atoms with E-state index in [-0.39, 0.29) is 5.91 Å². The van der Waals surface area contributed by atoms with Crippen molar-refractivity contribution in [1.29, 1.82) is 0 Å². The molecule has 1 N–H and O–H groups in total. The van der Waals surface area contributed by atoms with E-state index < -0.39 is 0 Å². The highest BCUT2D eigenvalue weighted by molar-refractivity contribution is 7.99. The van der Waals surface area contributed by atoms with Gasteiger partial charge in [0.05, 0.1) is 12.9 Å². The molecule has 1 aromatic heterocycles. The zero-order chi connectivity index (χ0) is 21.5. The van der Waals surface area contributed by atoms with Crippen molar-refractivity contribution in [2.45, 2.75) is 38.3 Å². The van der Waals surface area contributed by atoms with Gasteiger partial charge in [0.25, 0.3) is 0 Å². The van der Waals surface area contributed by atoms with Crippen molar-refractivity contribution < 1.29 is 9.53 Å². The first-order valence-electron chi connectivity index (χ1n) is 9.97. The number of benzene rings is 2. The lowest BCUT2D eigenvalue weighted by molar-refractivity contribution is -0.113. The second kappa shape index (κ2) is 10.3. The Labute approximate surface area is 182 Å². The van der Waals surface area contributed by atoms with E-state index in [1.165, 1.54) is 22.9 Å². The summed E-state index contributed by atoms with van der Waals surface area (Å²) in [7, 11) is 3.64. The molecule has 0 radical (unpaired) electrons. The molecule has 0 unspecified atom stereocenters. The maximum absolute atomic E-state index is 12.2. The summed E-state index contributed by atoms with van der Waals surface area (Å²) >= 11 is 1.40. The van der Waals surface area contributed by atoms with Gasteiger partial charge in [0.15, 0.2) is 5.16 Å². The number of rotatable bonds is 9. The van der Waals surface area contributed by atoms with Crippen LogP contribution < -0.4 is 10.1 Å². The van der Waals surface area contributed by atoms with E-state index in [0.717, 1.165) is 47.2 Å². The van der Waals surface area contributed by atoms with Crippen LogP contribution in [-0.4, -0.2) is 33.5 Å². The van der Waals surface area contributed by atoms with Crippen LogP contribution in [0.25, 0.3) is 0 Å². The van der Waals surface area contributed by atoms with Gasteiger partial charge in [-0.2, -0.15) is 0 Å². The van der Waals surface area contributed by atoms with Gasteiger partial charge in [-0.1, -0.05) is 35.5 Å². The molecule has 0 spiro atoms. The molecule has 1 amide bonds. The van der Waals surface area contributed by atoms with Crippen molar-refractivity contribution in [3.63, 3.8) is 0 Å². The maximum atomic E-state index is 12.2. The molecule has 1 heterocycles. The van der Waals surface area contributed by atoms with Crippen LogP contribution >= 0.6 is 11.8 Å². The molecule has 30 heavy (non-hydrogen) atoms. The topological polar surface area (TPSA) is 69.0 Å². The number of thioether (sulfide) groups is 1. The number of carbonyl (C=O) groups is 1. The summed E-state index contributed by atoms with van der Waals surface area (Å²) in [6, 6.07) is 14.0. The number of anilines is 1. The summed E-state index contributed by atoms with van der Waals surface area (Å²) in [6.45, 7) is 4.13. The molecule has 3 aromatic rings. The van der Waals surface area contributed by atoms with E-state index in [1.807, 2.05) is 48.9 Å². The predicted molar refractivity (Wildman–Crippen MR) is 121 cm³/mol. The Morgan fingerprint density at radius 1 is 1.10 bits per heavy atom. The third-order valence-electron chi connectivity index (χ3n) is 4.99. The Bertz CT molecular complexity index is 999. The van der Waals surface area contributed by atoms with Gasteiger partial charge < -0.3 is 14.6 Å². The monoisotopic (exact) mass is 424 g/mol. The highest BCUT2D eigenvalue weighted by atomic mass is 32.2. The average molecular weight is 425 g/mol. The van der Waals surface area contributed by atoms with Gasteiger partial charge >= 0.3 is 0 Å². The first kappa shape index (κ1) is 21.9. The molecule has 2 aromatic carbocycles.